The van der Waals surface area contributed by atoms with Crippen molar-refractivity contribution in [2.45, 2.75) is 11.3 Å². The predicted octanol–water partition coefficient (Wildman–Crippen LogP) is 3.83. The molecule has 0 saturated carbocycles. The number of amides is 1. The third-order valence-corrected chi connectivity index (χ3v) is 7.39. The van der Waals surface area contributed by atoms with Crippen molar-refractivity contribution in [2.75, 3.05) is 42.7 Å². The number of nitrogens with one attached hydrogen (secondary N) is 1. The summed E-state index contributed by atoms with van der Waals surface area (Å²) >= 11 is 7.49. The van der Waals surface area contributed by atoms with Gasteiger partial charge in [0.05, 0.1) is 17.0 Å². The number of thiazole rings is 1. The first-order chi connectivity index (χ1) is 15.3. The van der Waals surface area contributed by atoms with Crippen LogP contribution < -0.4 is 10.2 Å². The molecule has 1 aromatic heterocycles. The molecule has 1 saturated heterocycles. The largest absolute Gasteiger partial charge is 0.368 e. The van der Waals surface area contributed by atoms with Crippen LogP contribution in [0.4, 0.5) is 16.5 Å². The molecule has 2 heterocycles. The lowest BCUT2D eigenvalue weighted by atomic mass is 10.2. The molecule has 1 amide bonds. The van der Waals surface area contributed by atoms with Gasteiger partial charge in [-0.05, 0) is 42.5 Å². The number of nitrogens with zero attached hydrogens (tertiary/aromatic N) is 3. The van der Waals surface area contributed by atoms with Crippen LogP contribution >= 0.6 is 22.9 Å². The van der Waals surface area contributed by atoms with Gasteiger partial charge in [-0.1, -0.05) is 17.7 Å². The average Bonchev–Trinajstić information content (AvgIpc) is 3.20. The molecule has 4 rings (SSSR count). The molecule has 1 aliphatic rings. The third-order valence-electron chi connectivity index (χ3n) is 5.22. The third kappa shape index (κ3) is 5.59. The molecule has 0 bridgehead atoms. The summed E-state index contributed by atoms with van der Waals surface area (Å²) in [5.41, 5.74) is 2.53. The van der Waals surface area contributed by atoms with Gasteiger partial charge in [0.15, 0.2) is 15.0 Å². The number of benzene rings is 2. The van der Waals surface area contributed by atoms with Gasteiger partial charge in [-0.3, -0.25) is 4.79 Å². The van der Waals surface area contributed by atoms with E-state index in [2.05, 4.69) is 15.2 Å². The maximum Gasteiger partial charge on any atom is 0.228 e. The summed E-state index contributed by atoms with van der Waals surface area (Å²) < 4.78 is 23.1. The van der Waals surface area contributed by atoms with Crippen LogP contribution in [-0.4, -0.2) is 56.6 Å². The summed E-state index contributed by atoms with van der Waals surface area (Å²) in [6.45, 7) is 2.85. The van der Waals surface area contributed by atoms with E-state index in [0.717, 1.165) is 24.5 Å². The van der Waals surface area contributed by atoms with Gasteiger partial charge in [0.25, 0.3) is 0 Å². The Kier molecular flexibility index (Phi) is 6.68. The Morgan fingerprint density at radius 3 is 2.50 bits per heavy atom. The fraction of sp³-hybridized carbons (Fsp3) is 0.273. The molecule has 0 atom stereocenters. The molecule has 168 valence electrons. The van der Waals surface area contributed by atoms with Crippen LogP contribution in [0.25, 0.3) is 0 Å². The van der Waals surface area contributed by atoms with E-state index in [9.17, 15) is 13.2 Å². The van der Waals surface area contributed by atoms with E-state index in [4.69, 9.17) is 11.6 Å². The number of halogens is 1. The van der Waals surface area contributed by atoms with Crippen molar-refractivity contribution in [3.8, 4) is 0 Å². The molecular formula is C22H23ClN4O3S2. The lowest BCUT2D eigenvalue weighted by molar-refractivity contribution is -0.130. The van der Waals surface area contributed by atoms with E-state index in [1.54, 1.807) is 24.3 Å². The van der Waals surface area contributed by atoms with Crippen LogP contribution in [0, 0.1) is 0 Å². The van der Waals surface area contributed by atoms with Crippen LogP contribution in [0.5, 0.6) is 0 Å². The van der Waals surface area contributed by atoms with E-state index in [-0.39, 0.29) is 17.2 Å². The minimum atomic E-state index is -3.23. The van der Waals surface area contributed by atoms with Crippen LogP contribution in [0.1, 0.15) is 5.69 Å². The fourth-order valence-corrected chi connectivity index (χ4v) is 5.05. The van der Waals surface area contributed by atoms with Gasteiger partial charge in [-0.25, -0.2) is 13.4 Å². The molecular weight excluding hydrogens is 468 g/mol. The van der Waals surface area contributed by atoms with Crippen molar-refractivity contribution in [3.63, 3.8) is 0 Å². The van der Waals surface area contributed by atoms with Gasteiger partial charge < -0.3 is 15.1 Å². The SMILES string of the molecule is CS(=O)(=O)c1ccc(Nc2nc(CC(=O)N3CCN(c4cccc(Cl)c4)CC3)cs2)cc1. The van der Waals surface area contributed by atoms with Crippen LogP contribution in [-0.2, 0) is 21.1 Å². The first-order valence-electron chi connectivity index (χ1n) is 10.1. The Morgan fingerprint density at radius 1 is 1.12 bits per heavy atom. The number of hydrogen-bond acceptors (Lipinski definition) is 7. The van der Waals surface area contributed by atoms with Crippen molar-refractivity contribution in [1.82, 2.24) is 9.88 Å². The molecule has 3 aromatic rings. The van der Waals surface area contributed by atoms with E-state index >= 15 is 0 Å². The maximum atomic E-state index is 12.7. The normalized spacial score (nSPS) is 14.4. The first kappa shape index (κ1) is 22.6. The lowest BCUT2D eigenvalue weighted by Crippen LogP contribution is -2.49. The van der Waals surface area contributed by atoms with E-state index in [1.165, 1.54) is 17.6 Å². The highest BCUT2D eigenvalue weighted by Crippen LogP contribution is 2.24. The number of anilines is 3. The number of piperazine rings is 1. The van der Waals surface area contributed by atoms with Crippen molar-refractivity contribution in [1.29, 1.82) is 0 Å². The summed E-state index contributed by atoms with van der Waals surface area (Å²) in [7, 11) is -3.23. The van der Waals surface area contributed by atoms with Crippen molar-refractivity contribution >= 4 is 55.2 Å². The molecule has 0 unspecified atom stereocenters. The molecule has 32 heavy (non-hydrogen) atoms. The first-order valence-corrected chi connectivity index (χ1v) is 13.2. The molecule has 0 spiro atoms. The van der Waals surface area contributed by atoms with Gasteiger partial charge in [0, 0.05) is 54.2 Å². The van der Waals surface area contributed by atoms with Gasteiger partial charge in [0.2, 0.25) is 5.91 Å². The van der Waals surface area contributed by atoms with Crippen molar-refractivity contribution in [3.05, 3.63) is 64.6 Å². The second-order valence-electron chi connectivity index (χ2n) is 7.59. The molecule has 10 heteroatoms. The summed E-state index contributed by atoms with van der Waals surface area (Å²) in [5.74, 6) is 0.0603. The van der Waals surface area contributed by atoms with Crippen molar-refractivity contribution < 1.29 is 13.2 Å². The van der Waals surface area contributed by atoms with Crippen molar-refractivity contribution in [2.24, 2.45) is 0 Å². The zero-order valence-corrected chi connectivity index (χ0v) is 19.9. The summed E-state index contributed by atoms with van der Waals surface area (Å²) in [6.07, 6.45) is 1.43. The Balaban J connectivity index is 1.30. The van der Waals surface area contributed by atoms with Crippen LogP contribution in [0.2, 0.25) is 5.02 Å². The zero-order valence-electron chi connectivity index (χ0n) is 17.5. The fourth-order valence-electron chi connectivity index (χ4n) is 3.51. The van der Waals surface area contributed by atoms with E-state index in [0.29, 0.717) is 28.9 Å². The van der Waals surface area contributed by atoms with Crippen LogP contribution in [0.15, 0.2) is 58.8 Å². The second kappa shape index (κ2) is 9.48. The van der Waals surface area contributed by atoms with Crippen LogP contribution in [0.3, 0.4) is 0 Å². The Labute approximate surface area is 196 Å². The van der Waals surface area contributed by atoms with E-state index in [1.807, 2.05) is 34.5 Å². The highest BCUT2D eigenvalue weighted by atomic mass is 35.5. The summed E-state index contributed by atoms with van der Waals surface area (Å²) in [5, 5.41) is 6.39. The monoisotopic (exact) mass is 490 g/mol. The second-order valence-corrected chi connectivity index (χ2v) is 10.9. The zero-order chi connectivity index (χ0) is 22.7. The number of sulfone groups is 1. The molecule has 1 aliphatic heterocycles. The van der Waals surface area contributed by atoms with Gasteiger partial charge >= 0.3 is 0 Å². The minimum Gasteiger partial charge on any atom is -0.368 e. The predicted molar refractivity (Wildman–Crippen MR) is 129 cm³/mol. The number of carbonyl (C=O) groups excluding carboxylic acids is 1. The number of hydrogen-bond donors (Lipinski definition) is 1. The molecule has 7 nitrogen and oxygen atoms in total. The summed E-state index contributed by atoms with van der Waals surface area (Å²) in [4.78, 5) is 21.6. The Hall–Kier alpha value is -2.62. The molecule has 1 fully saturated rings. The highest BCUT2D eigenvalue weighted by Gasteiger charge is 2.22. The van der Waals surface area contributed by atoms with E-state index < -0.39 is 9.84 Å². The minimum absolute atomic E-state index is 0.0603. The Morgan fingerprint density at radius 2 is 1.84 bits per heavy atom. The lowest BCUT2D eigenvalue weighted by Gasteiger charge is -2.36. The maximum absolute atomic E-state index is 12.7. The number of aromatic nitrogens is 1. The molecule has 2 aromatic carbocycles. The standard InChI is InChI=1S/C22H23ClN4O3S2/c1-32(29,30)20-7-5-17(6-8-20)24-22-25-18(15-31-22)14-21(28)27-11-9-26(10-12-27)19-4-2-3-16(23)13-19/h2-8,13,15H,9-12,14H2,1H3,(H,24,25). The highest BCUT2D eigenvalue weighted by molar-refractivity contribution is 7.90. The van der Waals surface area contributed by atoms with Gasteiger partial charge in [-0.2, -0.15) is 0 Å². The van der Waals surface area contributed by atoms with Gasteiger partial charge in [0.1, 0.15) is 0 Å². The topological polar surface area (TPSA) is 82.6 Å². The molecule has 0 aliphatic carbocycles. The molecule has 1 N–H and O–H groups in total. The van der Waals surface area contributed by atoms with Gasteiger partial charge in [-0.15, -0.1) is 11.3 Å². The quantitative estimate of drug-likeness (QED) is 0.565. The smallest absolute Gasteiger partial charge is 0.228 e. The summed E-state index contributed by atoms with van der Waals surface area (Å²) in [6, 6.07) is 14.3. The Bertz CT molecular complexity index is 1200. The number of carbonyl (C=O) groups is 1. The molecule has 0 radical (unpaired) electrons. The average molecular weight is 491 g/mol. The number of rotatable bonds is 6.